The van der Waals surface area contributed by atoms with Crippen molar-refractivity contribution in [1.82, 2.24) is 9.78 Å². The van der Waals surface area contributed by atoms with Crippen molar-refractivity contribution >= 4 is 17.6 Å². The van der Waals surface area contributed by atoms with Crippen LogP contribution in [-0.2, 0) is 16.6 Å². The molecule has 0 aromatic carbocycles. The number of aromatic nitrogens is 2. The van der Waals surface area contributed by atoms with Gasteiger partial charge in [0.05, 0.1) is 6.20 Å². The largest absolute Gasteiger partial charge is 0.295 e. The number of ketones is 2. The summed E-state index contributed by atoms with van der Waals surface area (Å²) in [7, 11) is 1.95. The maximum Gasteiger partial charge on any atom is 0.165 e. The van der Waals surface area contributed by atoms with E-state index in [-0.39, 0.29) is 10.8 Å². The van der Waals surface area contributed by atoms with Crippen LogP contribution in [0.3, 0.4) is 0 Å². The van der Waals surface area contributed by atoms with Gasteiger partial charge in [-0.25, -0.2) is 0 Å². The first-order valence-corrected chi connectivity index (χ1v) is 11.2. The zero-order chi connectivity index (χ0) is 20.6. The third-order valence-electron chi connectivity index (χ3n) is 9.20. The lowest BCUT2D eigenvalue weighted by molar-refractivity contribution is -0.130. The molecule has 0 aliphatic heterocycles. The van der Waals surface area contributed by atoms with E-state index in [1.807, 2.05) is 24.0 Å². The minimum Gasteiger partial charge on any atom is -0.295 e. The molecule has 0 spiro atoms. The van der Waals surface area contributed by atoms with Gasteiger partial charge in [0.1, 0.15) is 0 Å². The van der Waals surface area contributed by atoms with Crippen molar-refractivity contribution in [2.45, 2.75) is 65.7 Å². The third-order valence-corrected chi connectivity index (χ3v) is 9.20. The molecule has 0 bridgehead atoms. The Hall–Kier alpha value is -1.97. The molecule has 0 saturated heterocycles. The van der Waals surface area contributed by atoms with E-state index >= 15 is 0 Å². The van der Waals surface area contributed by atoms with Gasteiger partial charge in [0.25, 0.3) is 0 Å². The molecule has 3 saturated carbocycles. The fraction of sp³-hybridized carbons (Fsp3) is 0.640. The molecule has 4 heteroatoms. The fourth-order valence-electron chi connectivity index (χ4n) is 7.20. The number of carbonyl (C=O) groups is 2. The van der Waals surface area contributed by atoms with Gasteiger partial charge in [-0.15, -0.1) is 0 Å². The summed E-state index contributed by atoms with van der Waals surface area (Å²) >= 11 is 0. The van der Waals surface area contributed by atoms with Crippen molar-refractivity contribution in [1.29, 1.82) is 0 Å². The molecule has 0 radical (unpaired) electrons. The molecule has 0 amide bonds. The molecule has 154 valence electrons. The predicted molar refractivity (Wildman–Crippen MR) is 113 cm³/mol. The highest BCUT2D eigenvalue weighted by atomic mass is 16.1. The summed E-state index contributed by atoms with van der Waals surface area (Å²) in [5.74, 6) is 2.32. The Morgan fingerprint density at radius 2 is 1.90 bits per heavy atom. The number of aryl methyl sites for hydroxylation is 1. The number of Topliss-reactive ketones (excluding diaryl/α,β-unsaturated/α-hetero) is 1. The Morgan fingerprint density at radius 1 is 1.10 bits per heavy atom. The average molecular weight is 393 g/mol. The lowest BCUT2D eigenvalue weighted by Crippen LogP contribution is -2.50. The van der Waals surface area contributed by atoms with Gasteiger partial charge in [0, 0.05) is 30.1 Å². The van der Waals surface area contributed by atoms with E-state index in [1.165, 1.54) is 5.57 Å². The van der Waals surface area contributed by atoms with Crippen LogP contribution in [0.2, 0.25) is 0 Å². The van der Waals surface area contributed by atoms with Crippen LogP contribution in [-0.4, -0.2) is 21.3 Å². The molecule has 5 atom stereocenters. The minimum atomic E-state index is -0.217. The summed E-state index contributed by atoms with van der Waals surface area (Å²) in [4.78, 5) is 25.5. The van der Waals surface area contributed by atoms with Crippen molar-refractivity contribution in [2.75, 3.05) is 0 Å². The molecule has 29 heavy (non-hydrogen) atoms. The van der Waals surface area contributed by atoms with Crippen LogP contribution >= 0.6 is 0 Å². The van der Waals surface area contributed by atoms with Crippen LogP contribution in [0.25, 0.3) is 6.08 Å². The number of nitrogens with zero attached hydrogens (tertiary/aromatic N) is 2. The Balaban J connectivity index is 1.49. The zero-order valence-corrected chi connectivity index (χ0v) is 18.1. The molecular weight excluding hydrogens is 360 g/mol. The van der Waals surface area contributed by atoms with Crippen LogP contribution in [0.4, 0.5) is 0 Å². The molecule has 3 fully saturated rings. The zero-order valence-electron chi connectivity index (χ0n) is 18.1. The molecule has 5 rings (SSSR count). The Morgan fingerprint density at radius 3 is 2.62 bits per heavy atom. The molecule has 0 N–H and O–H groups in total. The summed E-state index contributed by atoms with van der Waals surface area (Å²) in [6.45, 7) is 6.69. The summed E-state index contributed by atoms with van der Waals surface area (Å²) in [6.07, 6.45) is 12.8. The highest BCUT2D eigenvalue weighted by Crippen LogP contribution is 2.65. The van der Waals surface area contributed by atoms with E-state index in [4.69, 9.17) is 0 Å². The average Bonchev–Trinajstić information content (AvgIpc) is 3.14. The highest BCUT2D eigenvalue weighted by molar-refractivity contribution is 6.06. The van der Waals surface area contributed by atoms with Crippen LogP contribution in [0.15, 0.2) is 23.4 Å². The van der Waals surface area contributed by atoms with Crippen molar-refractivity contribution < 1.29 is 9.59 Å². The number of fused-ring (bicyclic) bond motifs is 5. The van der Waals surface area contributed by atoms with Crippen molar-refractivity contribution in [3.63, 3.8) is 0 Å². The van der Waals surface area contributed by atoms with Gasteiger partial charge in [-0.3, -0.25) is 14.3 Å². The van der Waals surface area contributed by atoms with Crippen molar-refractivity contribution in [3.05, 3.63) is 34.7 Å². The second-order valence-electron chi connectivity index (χ2n) is 10.4. The monoisotopic (exact) mass is 392 g/mol. The predicted octanol–water partition coefficient (Wildman–Crippen LogP) is 4.82. The molecule has 1 aromatic heterocycles. The van der Waals surface area contributed by atoms with Gasteiger partial charge in [0.2, 0.25) is 0 Å². The van der Waals surface area contributed by atoms with E-state index < -0.39 is 0 Å². The molecule has 4 nitrogen and oxygen atoms in total. The second kappa shape index (κ2) is 6.26. The summed E-state index contributed by atoms with van der Waals surface area (Å²) in [5, 5.41) is 4.34. The first-order chi connectivity index (χ1) is 13.7. The number of hydrogen-bond donors (Lipinski definition) is 0. The number of rotatable bonds is 1. The van der Waals surface area contributed by atoms with Crippen molar-refractivity contribution in [2.24, 2.45) is 35.6 Å². The summed E-state index contributed by atoms with van der Waals surface area (Å²) in [5.41, 5.74) is 4.51. The maximum atomic E-state index is 13.5. The topological polar surface area (TPSA) is 52.0 Å². The Bertz CT molecular complexity index is 967. The third kappa shape index (κ3) is 2.60. The van der Waals surface area contributed by atoms with Gasteiger partial charge in [0.15, 0.2) is 11.6 Å². The van der Waals surface area contributed by atoms with Crippen LogP contribution in [0.5, 0.6) is 0 Å². The van der Waals surface area contributed by atoms with Gasteiger partial charge in [-0.05, 0) is 86.3 Å². The van der Waals surface area contributed by atoms with Gasteiger partial charge in [-0.1, -0.05) is 19.4 Å². The quantitative estimate of drug-likeness (QED) is 0.644. The molecule has 0 unspecified atom stereocenters. The first-order valence-electron chi connectivity index (χ1n) is 11.2. The normalized spacial score (nSPS) is 40.5. The number of hydrogen-bond acceptors (Lipinski definition) is 3. The van der Waals surface area contributed by atoms with Gasteiger partial charge >= 0.3 is 0 Å². The lowest BCUT2D eigenvalue weighted by atomic mass is 9.47. The molecule has 1 heterocycles. The highest BCUT2D eigenvalue weighted by Gasteiger charge is 2.60. The maximum absolute atomic E-state index is 13.5. The van der Waals surface area contributed by atoms with Crippen LogP contribution in [0, 0.1) is 35.5 Å². The van der Waals surface area contributed by atoms with E-state index in [2.05, 4.69) is 31.9 Å². The SMILES string of the molecule is Cc1c(/C=C2/C[C@@H]3[C@H]4CCC5=CC(=O)CC[C@@]5(C)[C@@H]4CC[C@]3(C)C2=O)cnn1C. The van der Waals surface area contributed by atoms with Crippen molar-refractivity contribution in [3.8, 4) is 0 Å². The standard InChI is InChI=1S/C25H32N2O2/c1-15-17(14-26-27(15)4)11-16-12-22-20-6-5-18-13-19(28)7-9-24(18,2)21(20)8-10-25(22,3)23(16)29/h11,13-14,20-22H,5-10,12H2,1-4H3/b16-11-/t20-,21+,22+,24+,25-/m0/s1. The number of carbonyl (C=O) groups excluding carboxylic acids is 2. The summed E-state index contributed by atoms with van der Waals surface area (Å²) in [6, 6.07) is 0. The van der Waals surface area contributed by atoms with Gasteiger partial charge in [-0.2, -0.15) is 5.10 Å². The summed E-state index contributed by atoms with van der Waals surface area (Å²) < 4.78 is 1.87. The first kappa shape index (κ1) is 19.0. The molecular formula is C25H32N2O2. The Labute approximate surface area is 173 Å². The fourth-order valence-corrected chi connectivity index (χ4v) is 7.20. The van der Waals surface area contributed by atoms with E-state index in [0.29, 0.717) is 35.7 Å². The number of allylic oxidation sites excluding steroid dienone is 2. The molecule has 1 aromatic rings. The van der Waals surface area contributed by atoms with E-state index in [0.717, 1.165) is 55.4 Å². The van der Waals surface area contributed by atoms with E-state index in [9.17, 15) is 9.59 Å². The van der Waals surface area contributed by atoms with E-state index in [1.54, 1.807) is 0 Å². The smallest absolute Gasteiger partial charge is 0.165 e. The lowest BCUT2D eigenvalue weighted by Gasteiger charge is -2.56. The minimum absolute atomic E-state index is 0.160. The van der Waals surface area contributed by atoms with Crippen LogP contribution in [0.1, 0.15) is 70.1 Å². The Kier molecular flexibility index (Phi) is 4.11. The van der Waals surface area contributed by atoms with Gasteiger partial charge < -0.3 is 0 Å². The molecule has 4 aliphatic carbocycles. The van der Waals surface area contributed by atoms with Crippen LogP contribution < -0.4 is 0 Å². The molecule has 4 aliphatic rings. The second-order valence-corrected chi connectivity index (χ2v) is 10.4.